The van der Waals surface area contributed by atoms with Gasteiger partial charge < -0.3 is 10.1 Å². The Morgan fingerprint density at radius 2 is 2.04 bits per heavy atom. The minimum atomic E-state index is -0.415. The lowest BCUT2D eigenvalue weighted by atomic mass is 10.2. The summed E-state index contributed by atoms with van der Waals surface area (Å²) in [5.74, 6) is 0.269. The number of nitrogens with zero attached hydrogens (tertiary/aromatic N) is 3. The van der Waals surface area contributed by atoms with Crippen molar-refractivity contribution in [1.82, 2.24) is 14.8 Å². The van der Waals surface area contributed by atoms with Crippen LogP contribution in [0.15, 0.2) is 55.0 Å². The van der Waals surface area contributed by atoms with Gasteiger partial charge in [0.2, 0.25) is 0 Å². The van der Waals surface area contributed by atoms with E-state index < -0.39 is 5.97 Å². The van der Waals surface area contributed by atoms with E-state index in [4.69, 9.17) is 4.74 Å². The molecule has 3 rings (SSSR count). The number of esters is 1. The van der Waals surface area contributed by atoms with Crippen molar-refractivity contribution < 1.29 is 9.53 Å². The zero-order chi connectivity index (χ0) is 16.9. The fraction of sp³-hybridized carbons (Fsp3) is 0.167. The number of pyridine rings is 1. The average Bonchev–Trinajstić information content (AvgIpc) is 2.94. The van der Waals surface area contributed by atoms with Crippen LogP contribution in [-0.4, -0.2) is 27.8 Å². The van der Waals surface area contributed by atoms with Crippen LogP contribution in [-0.2, 0) is 11.3 Å². The molecule has 0 aliphatic heterocycles. The summed E-state index contributed by atoms with van der Waals surface area (Å²) < 4.78 is 6.66. The molecule has 2 heterocycles. The number of hydrogen-bond acceptors (Lipinski definition) is 5. The number of anilines is 2. The molecule has 0 unspecified atom stereocenters. The molecule has 0 atom stereocenters. The quantitative estimate of drug-likeness (QED) is 0.731. The van der Waals surface area contributed by atoms with Gasteiger partial charge in [-0.2, -0.15) is 5.10 Å². The van der Waals surface area contributed by atoms with Crippen molar-refractivity contribution >= 4 is 17.5 Å². The minimum absolute atomic E-state index is 0.415. The maximum Gasteiger partial charge on any atom is 0.340 e. The van der Waals surface area contributed by atoms with E-state index in [1.165, 1.54) is 12.7 Å². The van der Waals surface area contributed by atoms with Crippen molar-refractivity contribution in [2.45, 2.75) is 13.5 Å². The maximum atomic E-state index is 11.8. The van der Waals surface area contributed by atoms with E-state index in [2.05, 4.69) is 27.5 Å². The lowest BCUT2D eigenvalue weighted by Gasteiger charge is -2.08. The van der Waals surface area contributed by atoms with E-state index >= 15 is 0 Å². The van der Waals surface area contributed by atoms with Crippen LogP contribution in [0.4, 0.5) is 11.5 Å². The number of benzene rings is 1. The van der Waals surface area contributed by atoms with Gasteiger partial charge in [-0.3, -0.25) is 9.67 Å². The van der Waals surface area contributed by atoms with Crippen molar-refractivity contribution in [2.75, 3.05) is 12.4 Å². The third-order valence-electron chi connectivity index (χ3n) is 3.61. The van der Waals surface area contributed by atoms with Gasteiger partial charge in [-0.05, 0) is 18.6 Å². The predicted octanol–water partition coefficient (Wildman–Crippen LogP) is 3.17. The van der Waals surface area contributed by atoms with Crippen molar-refractivity contribution in [3.8, 4) is 0 Å². The Morgan fingerprint density at radius 1 is 1.25 bits per heavy atom. The highest BCUT2D eigenvalue weighted by Gasteiger charge is 2.14. The first-order chi connectivity index (χ1) is 11.7. The van der Waals surface area contributed by atoms with Crippen LogP contribution in [0.2, 0.25) is 0 Å². The van der Waals surface area contributed by atoms with Crippen molar-refractivity contribution in [3.05, 3.63) is 71.7 Å². The summed E-state index contributed by atoms with van der Waals surface area (Å²) >= 11 is 0. The van der Waals surface area contributed by atoms with E-state index in [0.29, 0.717) is 23.6 Å². The van der Waals surface area contributed by atoms with Crippen molar-refractivity contribution in [1.29, 1.82) is 0 Å². The third kappa shape index (κ3) is 3.43. The Morgan fingerprint density at radius 3 is 2.79 bits per heavy atom. The normalized spacial score (nSPS) is 10.4. The number of carbonyl (C=O) groups is 1. The summed E-state index contributed by atoms with van der Waals surface area (Å²) in [4.78, 5) is 15.9. The summed E-state index contributed by atoms with van der Waals surface area (Å²) in [5, 5.41) is 7.72. The molecule has 0 spiro atoms. The average molecular weight is 322 g/mol. The number of rotatable bonds is 5. The number of hydrogen-bond donors (Lipinski definition) is 1. The van der Waals surface area contributed by atoms with Gasteiger partial charge in [-0.25, -0.2) is 4.79 Å². The summed E-state index contributed by atoms with van der Waals surface area (Å²) in [6, 6.07) is 11.7. The van der Waals surface area contributed by atoms with E-state index in [0.717, 1.165) is 5.56 Å². The van der Waals surface area contributed by atoms with Crippen LogP contribution >= 0.6 is 0 Å². The first kappa shape index (κ1) is 15.7. The molecule has 1 aromatic carbocycles. The number of ether oxygens (including phenoxy) is 1. The van der Waals surface area contributed by atoms with Gasteiger partial charge in [0.05, 0.1) is 31.1 Å². The zero-order valence-corrected chi connectivity index (χ0v) is 13.6. The summed E-state index contributed by atoms with van der Waals surface area (Å²) in [6.45, 7) is 2.64. The second kappa shape index (κ2) is 6.95. The van der Waals surface area contributed by atoms with Gasteiger partial charge in [0.15, 0.2) is 5.82 Å². The summed E-state index contributed by atoms with van der Waals surface area (Å²) in [5.41, 5.74) is 3.13. The second-order valence-electron chi connectivity index (χ2n) is 5.38. The van der Waals surface area contributed by atoms with Gasteiger partial charge >= 0.3 is 5.97 Å². The van der Waals surface area contributed by atoms with E-state index in [1.54, 1.807) is 18.5 Å². The second-order valence-corrected chi connectivity index (χ2v) is 5.38. The molecule has 122 valence electrons. The molecule has 0 bridgehead atoms. The molecule has 2 aromatic heterocycles. The molecule has 0 fully saturated rings. The number of carbonyl (C=O) groups excluding carboxylic acids is 1. The highest BCUT2D eigenvalue weighted by atomic mass is 16.5. The highest BCUT2D eigenvalue weighted by Crippen LogP contribution is 2.22. The smallest absolute Gasteiger partial charge is 0.340 e. The molecule has 0 saturated heterocycles. The molecule has 0 aliphatic rings. The molecular weight excluding hydrogens is 304 g/mol. The largest absolute Gasteiger partial charge is 0.465 e. The monoisotopic (exact) mass is 322 g/mol. The molecular formula is C18H18N4O2. The Labute approximate surface area is 140 Å². The molecule has 1 N–H and O–H groups in total. The SMILES string of the molecule is COC(=O)c1ccncc1Nc1nn(Cc2ccccc2)cc1C. The van der Waals surface area contributed by atoms with Crippen LogP contribution < -0.4 is 5.32 Å². The molecule has 6 heteroatoms. The minimum Gasteiger partial charge on any atom is -0.465 e. The number of nitrogens with one attached hydrogen (secondary N) is 1. The van der Waals surface area contributed by atoms with Gasteiger partial charge in [0, 0.05) is 18.0 Å². The molecule has 0 radical (unpaired) electrons. The lowest BCUT2D eigenvalue weighted by Crippen LogP contribution is -2.07. The van der Waals surface area contributed by atoms with Gasteiger partial charge in [-0.15, -0.1) is 0 Å². The Hall–Kier alpha value is -3.15. The zero-order valence-electron chi connectivity index (χ0n) is 13.6. The molecule has 0 saturated carbocycles. The topological polar surface area (TPSA) is 69.0 Å². The Bertz CT molecular complexity index is 843. The van der Waals surface area contributed by atoms with Crippen molar-refractivity contribution in [2.24, 2.45) is 0 Å². The number of aryl methyl sites for hydroxylation is 1. The number of methoxy groups -OCH3 is 1. The van der Waals surface area contributed by atoms with E-state index in [9.17, 15) is 4.79 Å². The molecule has 0 aliphatic carbocycles. The Kier molecular flexibility index (Phi) is 4.56. The first-order valence-corrected chi connectivity index (χ1v) is 7.54. The predicted molar refractivity (Wildman–Crippen MR) is 91.4 cm³/mol. The van der Waals surface area contributed by atoms with Gasteiger partial charge in [0.25, 0.3) is 0 Å². The fourth-order valence-corrected chi connectivity index (χ4v) is 2.41. The van der Waals surface area contributed by atoms with Crippen LogP contribution in [0, 0.1) is 6.92 Å². The first-order valence-electron chi connectivity index (χ1n) is 7.54. The van der Waals surface area contributed by atoms with Crippen LogP contribution in [0.25, 0.3) is 0 Å². The molecule has 24 heavy (non-hydrogen) atoms. The van der Waals surface area contributed by atoms with Gasteiger partial charge in [0.1, 0.15) is 0 Å². The van der Waals surface area contributed by atoms with Crippen LogP contribution in [0.3, 0.4) is 0 Å². The van der Waals surface area contributed by atoms with E-state index in [-0.39, 0.29) is 0 Å². The number of aromatic nitrogens is 3. The lowest BCUT2D eigenvalue weighted by molar-refractivity contribution is 0.0602. The molecule has 6 nitrogen and oxygen atoms in total. The van der Waals surface area contributed by atoms with Crippen LogP contribution in [0.1, 0.15) is 21.5 Å². The fourth-order valence-electron chi connectivity index (χ4n) is 2.41. The summed E-state index contributed by atoms with van der Waals surface area (Å²) in [7, 11) is 1.35. The molecule has 0 amide bonds. The maximum absolute atomic E-state index is 11.8. The third-order valence-corrected chi connectivity index (χ3v) is 3.61. The highest BCUT2D eigenvalue weighted by molar-refractivity contribution is 5.96. The van der Waals surface area contributed by atoms with Gasteiger partial charge in [-0.1, -0.05) is 30.3 Å². The van der Waals surface area contributed by atoms with E-state index in [1.807, 2.05) is 36.0 Å². The summed E-state index contributed by atoms with van der Waals surface area (Å²) in [6.07, 6.45) is 5.10. The standard InChI is InChI=1S/C18H18N4O2/c1-13-11-22(12-14-6-4-3-5-7-14)21-17(13)20-16-10-19-9-8-15(16)18(23)24-2/h3-11H,12H2,1-2H3,(H,20,21). The van der Waals surface area contributed by atoms with Crippen LogP contribution in [0.5, 0.6) is 0 Å². The van der Waals surface area contributed by atoms with Crippen molar-refractivity contribution in [3.63, 3.8) is 0 Å². The Balaban J connectivity index is 1.83. The molecule has 3 aromatic rings.